The molecule has 0 bridgehead atoms. The van der Waals surface area contributed by atoms with Crippen LogP contribution in [0.5, 0.6) is 0 Å². The van der Waals surface area contributed by atoms with Gasteiger partial charge in [-0.25, -0.2) is 0 Å². The first-order valence-electron chi connectivity index (χ1n) is 16.1. The summed E-state index contributed by atoms with van der Waals surface area (Å²) in [5.74, 6) is 0. The second-order valence-electron chi connectivity index (χ2n) is 11.9. The van der Waals surface area contributed by atoms with Crippen molar-refractivity contribution in [2.45, 2.75) is 6.04 Å². The van der Waals surface area contributed by atoms with E-state index < -0.39 is 0 Å². The maximum absolute atomic E-state index is 6.39. The fourth-order valence-electron chi connectivity index (χ4n) is 6.32. The van der Waals surface area contributed by atoms with E-state index in [9.17, 15) is 0 Å². The molecule has 230 valence electrons. The van der Waals surface area contributed by atoms with Crippen molar-refractivity contribution in [1.29, 1.82) is 0 Å². The minimum atomic E-state index is -0.188. The van der Waals surface area contributed by atoms with Crippen LogP contribution in [0, 0.1) is 0 Å². The van der Waals surface area contributed by atoms with Crippen LogP contribution in [0.25, 0.3) is 42.4 Å². The number of hydrogen-bond donors (Lipinski definition) is 2. The van der Waals surface area contributed by atoms with Crippen molar-refractivity contribution in [2.75, 3.05) is 11.1 Å². The van der Waals surface area contributed by atoms with Crippen LogP contribution in [-0.4, -0.2) is 6.21 Å². The number of nitrogens with two attached hydrogens (primary N) is 1. The number of thiophene rings is 1. The third-order valence-corrected chi connectivity index (χ3v) is 9.90. The van der Waals surface area contributed by atoms with Crippen molar-refractivity contribution >= 4 is 54.8 Å². The van der Waals surface area contributed by atoms with E-state index in [0.29, 0.717) is 0 Å². The average molecular weight is 636 g/mol. The van der Waals surface area contributed by atoms with Crippen LogP contribution in [0.3, 0.4) is 0 Å². The number of para-hydroxylation sites is 1. The first-order chi connectivity index (χ1) is 23.7. The molecule has 0 aliphatic carbocycles. The van der Waals surface area contributed by atoms with Gasteiger partial charge in [0.2, 0.25) is 0 Å². The minimum Gasteiger partial charge on any atom is -0.398 e. The largest absolute Gasteiger partial charge is 0.398 e. The molecule has 0 fully saturated rings. The van der Waals surface area contributed by atoms with Crippen molar-refractivity contribution in [3.05, 3.63) is 187 Å². The molecule has 3 nitrogen and oxygen atoms in total. The second kappa shape index (κ2) is 13.0. The Bertz CT molecular complexity index is 2380. The number of nitrogen functional groups attached to an aromatic ring is 1. The van der Waals surface area contributed by atoms with E-state index in [4.69, 9.17) is 10.7 Å². The summed E-state index contributed by atoms with van der Waals surface area (Å²) < 4.78 is 2.57. The SMILES string of the molecule is Nc1ccccc1C(/N=C/c1ccc(Nc2cc3c(cc2-c2cccc(-c4ccccc4)c2)sc2ccccc23)cc1)c1ccccc1. The zero-order valence-corrected chi connectivity index (χ0v) is 27.1. The van der Waals surface area contributed by atoms with Gasteiger partial charge >= 0.3 is 0 Å². The van der Waals surface area contributed by atoms with Crippen molar-refractivity contribution in [1.82, 2.24) is 0 Å². The van der Waals surface area contributed by atoms with Crippen LogP contribution in [-0.2, 0) is 0 Å². The van der Waals surface area contributed by atoms with Crippen molar-refractivity contribution in [3.8, 4) is 22.3 Å². The molecule has 0 spiro atoms. The summed E-state index contributed by atoms with van der Waals surface area (Å²) in [7, 11) is 0. The standard InChI is InChI=1S/C44H33N3S/c45-40-20-9-7-19-37(40)44(32-14-5-2-6-15-32)46-29-30-22-24-35(25-23-30)47-41-27-39-36-18-8-10-21-42(36)48-43(39)28-38(41)34-17-11-16-33(26-34)31-12-3-1-4-13-31/h1-29,44,47H,45H2/b46-29+. The van der Waals surface area contributed by atoms with Crippen molar-refractivity contribution < 1.29 is 0 Å². The van der Waals surface area contributed by atoms with Crippen LogP contribution in [0.15, 0.2) is 175 Å². The summed E-state index contributed by atoms with van der Waals surface area (Å²) in [4.78, 5) is 5.03. The molecule has 0 aliphatic heterocycles. The van der Waals surface area contributed by atoms with Crippen LogP contribution in [0.2, 0.25) is 0 Å². The highest BCUT2D eigenvalue weighted by molar-refractivity contribution is 7.25. The number of hydrogen-bond acceptors (Lipinski definition) is 4. The van der Waals surface area contributed by atoms with Gasteiger partial charge in [0.15, 0.2) is 0 Å². The second-order valence-corrected chi connectivity index (χ2v) is 13.0. The molecule has 1 heterocycles. The summed E-state index contributed by atoms with van der Waals surface area (Å²) in [6, 6.07) is 59.2. The lowest BCUT2D eigenvalue weighted by atomic mass is 9.97. The van der Waals surface area contributed by atoms with Gasteiger partial charge in [0.1, 0.15) is 6.04 Å². The Hall–Kier alpha value is -5.97. The molecule has 1 aromatic heterocycles. The quantitative estimate of drug-likeness (QED) is 0.129. The maximum atomic E-state index is 6.39. The van der Waals surface area contributed by atoms with E-state index in [0.717, 1.165) is 33.8 Å². The highest BCUT2D eigenvalue weighted by atomic mass is 32.1. The Morgan fingerprint density at radius 1 is 0.562 bits per heavy atom. The molecule has 48 heavy (non-hydrogen) atoms. The van der Waals surface area contributed by atoms with E-state index in [1.165, 1.54) is 42.4 Å². The number of nitrogens with zero attached hydrogens (tertiary/aromatic N) is 1. The summed E-state index contributed by atoms with van der Waals surface area (Å²) in [5, 5.41) is 6.31. The number of benzene rings is 7. The van der Waals surface area contributed by atoms with Gasteiger partial charge in [-0.2, -0.15) is 0 Å². The first kappa shape index (κ1) is 29.4. The lowest BCUT2D eigenvalue weighted by Gasteiger charge is -2.16. The predicted octanol–water partition coefficient (Wildman–Crippen LogP) is 11.9. The maximum Gasteiger partial charge on any atom is 0.102 e. The molecule has 0 amide bonds. The van der Waals surface area contributed by atoms with E-state index in [2.05, 4.69) is 139 Å². The highest BCUT2D eigenvalue weighted by Crippen LogP contribution is 2.42. The topological polar surface area (TPSA) is 50.4 Å². The van der Waals surface area contributed by atoms with Gasteiger partial charge in [-0.3, -0.25) is 4.99 Å². The molecule has 8 aromatic rings. The highest BCUT2D eigenvalue weighted by Gasteiger charge is 2.16. The number of anilines is 3. The molecule has 4 heteroatoms. The van der Waals surface area contributed by atoms with Gasteiger partial charge in [0.05, 0.1) is 0 Å². The fourth-order valence-corrected chi connectivity index (χ4v) is 7.45. The van der Waals surface area contributed by atoms with Crippen LogP contribution < -0.4 is 11.1 Å². The Kier molecular flexibility index (Phi) is 7.99. The molecule has 7 aromatic carbocycles. The third-order valence-electron chi connectivity index (χ3n) is 8.77. The minimum absolute atomic E-state index is 0.188. The van der Waals surface area contributed by atoms with Gasteiger partial charge in [-0.1, -0.05) is 127 Å². The molecular weight excluding hydrogens is 603 g/mol. The normalized spacial score (nSPS) is 12.1. The zero-order chi connectivity index (χ0) is 32.3. The van der Waals surface area contributed by atoms with Gasteiger partial charge in [-0.05, 0) is 70.3 Å². The van der Waals surface area contributed by atoms with Gasteiger partial charge < -0.3 is 11.1 Å². The average Bonchev–Trinajstić information content (AvgIpc) is 3.51. The summed E-state index contributed by atoms with van der Waals surface area (Å²) >= 11 is 1.84. The lowest BCUT2D eigenvalue weighted by molar-refractivity contribution is 0.881. The lowest BCUT2D eigenvalue weighted by Crippen LogP contribution is -2.03. The van der Waals surface area contributed by atoms with Crippen LogP contribution in [0.1, 0.15) is 22.7 Å². The van der Waals surface area contributed by atoms with Crippen molar-refractivity contribution in [2.24, 2.45) is 4.99 Å². The Morgan fingerprint density at radius 2 is 1.25 bits per heavy atom. The monoisotopic (exact) mass is 635 g/mol. The van der Waals surface area contributed by atoms with Gasteiger partial charge in [-0.15, -0.1) is 11.3 Å². The van der Waals surface area contributed by atoms with E-state index in [-0.39, 0.29) is 6.04 Å². The molecule has 0 saturated heterocycles. The number of nitrogens with one attached hydrogen (secondary N) is 1. The van der Waals surface area contributed by atoms with Crippen LogP contribution in [0.4, 0.5) is 17.1 Å². The molecule has 0 aliphatic rings. The molecule has 1 unspecified atom stereocenters. The summed E-state index contributed by atoms with van der Waals surface area (Å²) in [6.07, 6.45) is 1.94. The van der Waals surface area contributed by atoms with Crippen LogP contribution >= 0.6 is 11.3 Å². The predicted molar refractivity (Wildman–Crippen MR) is 207 cm³/mol. The molecule has 0 saturated carbocycles. The van der Waals surface area contributed by atoms with E-state index >= 15 is 0 Å². The van der Waals surface area contributed by atoms with E-state index in [1.807, 2.05) is 53.9 Å². The Balaban J connectivity index is 1.14. The Morgan fingerprint density at radius 3 is 2.06 bits per heavy atom. The molecule has 8 rings (SSSR count). The fraction of sp³-hybridized carbons (Fsp3) is 0.0227. The van der Waals surface area contributed by atoms with Gasteiger partial charge in [0.25, 0.3) is 0 Å². The van der Waals surface area contributed by atoms with Gasteiger partial charge in [0, 0.05) is 54.6 Å². The Labute approximate surface area is 284 Å². The third kappa shape index (κ3) is 5.97. The number of aliphatic imine (C=N–C) groups is 1. The molecular formula is C44H33N3S. The smallest absolute Gasteiger partial charge is 0.102 e. The first-order valence-corrected chi connectivity index (χ1v) is 16.9. The van der Waals surface area contributed by atoms with E-state index in [1.54, 1.807) is 0 Å². The summed E-state index contributed by atoms with van der Waals surface area (Å²) in [6.45, 7) is 0. The summed E-state index contributed by atoms with van der Waals surface area (Å²) in [5.41, 5.74) is 17.1. The van der Waals surface area contributed by atoms with Crippen molar-refractivity contribution in [3.63, 3.8) is 0 Å². The molecule has 0 radical (unpaired) electrons. The number of fused-ring (bicyclic) bond motifs is 3. The molecule has 3 N–H and O–H groups in total. The number of rotatable bonds is 8. The molecule has 1 atom stereocenters. The zero-order valence-electron chi connectivity index (χ0n) is 26.3.